The van der Waals surface area contributed by atoms with Crippen LogP contribution >= 0.6 is 23.1 Å². The first-order valence-corrected chi connectivity index (χ1v) is 8.15. The molecule has 1 N–H and O–H groups in total. The first-order chi connectivity index (χ1) is 8.24. The zero-order valence-corrected chi connectivity index (χ0v) is 11.7. The molecular weight excluding hydrogens is 252 g/mol. The van der Waals surface area contributed by atoms with Crippen LogP contribution < -0.4 is 4.90 Å². The van der Waals surface area contributed by atoms with Gasteiger partial charge in [0.05, 0.1) is 11.8 Å². The Morgan fingerprint density at radius 2 is 2.35 bits per heavy atom. The second kappa shape index (κ2) is 4.78. The molecule has 17 heavy (non-hydrogen) atoms. The Kier molecular flexibility index (Phi) is 3.32. The van der Waals surface area contributed by atoms with Crippen molar-refractivity contribution in [1.82, 2.24) is 4.98 Å². The quantitative estimate of drug-likeness (QED) is 0.850. The van der Waals surface area contributed by atoms with Crippen molar-refractivity contribution in [3.05, 3.63) is 10.6 Å². The van der Waals surface area contributed by atoms with Crippen molar-refractivity contribution in [3.8, 4) is 0 Å². The van der Waals surface area contributed by atoms with E-state index in [0.29, 0.717) is 5.25 Å². The largest absolute Gasteiger partial charge is 0.387 e. The third kappa shape index (κ3) is 2.33. The number of rotatable bonds is 1. The summed E-state index contributed by atoms with van der Waals surface area (Å²) in [6.45, 7) is 4.46. The molecule has 2 heterocycles. The number of hydrogen-bond donors (Lipinski definition) is 1. The highest BCUT2D eigenvalue weighted by Crippen LogP contribution is 2.37. The molecule has 0 amide bonds. The molecule has 3 nitrogen and oxygen atoms in total. The average molecular weight is 270 g/mol. The maximum Gasteiger partial charge on any atom is 0.185 e. The number of thioether (sulfide) groups is 1. The lowest BCUT2D eigenvalue weighted by Crippen LogP contribution is -2.36. The van der Waals surface area contributed by atoms with Crippen LogP contribution in [0.25, 0.3) is 0 Å². The minimum absolute atomic E-state index is 0.319. The summed E-state index contributed by atoms with van der Waals surface area (Å²) in [5.74, 6) is 1.19. The highest BCUT2D eigenvalue weighted by Gasteiger charge is 2.26. The topological polar surface area (TPSA) is 36.4 Å². The lowest BCUT2D eigenvalue weighted by molar-refractivity contribution is 0.153. The molecule has 1 saturated heterocycles. The van der Waals surface area contributed by atoms with E-state index in [1.165, 1.54) is 10.6 Å². The molecule has 1 aliphatic carbocycles. The van der Waals surface area contributed by atoms with Gasteiger partial charge in [-0.1, -0.05) is 6.92 Å². The first kappa shape index (κ1) is 11.8. The minimum atomic E-state index is -0.319. The van der Waals surface area contributed by atoms with Gasteiger partial charge in [0.25, 0.3) is 0 Å². The van der Waals surface area contributed by atoms with Gasteiger partial charge in [0, 0.05) is 29.0 Å². The fraction of sp³-hybridized carbons (Fsp3) is 0.750. The normalized spacial score (nSPS) is 29.2. The van der Waals surface area contributed by atoms with Crippen LogP contribution in [0.2, 0.25) is 0 Å². The Morgan fingerprint density at radius 1 is 1.47 bits per heavy atom. The van der Waals surface area contributed by atoms with Crippen molar-refractivity contribution in [2.45, 2.75) is 37.5 Å². The standard InChI is InChI=1S/C12H18N2OS2/c1-8-7-14(5-6-16-8)12-13-11-9(15)3-2-4-10(11)17-12/h8-9,15H,2-7H2,1H3. The van der Waals surface area contributed by atoms with Crippen LogP contribution in [0.3, 0.4) is 0 Å². The van der Waals surface area contributed by atoms with Crippen LogP contribution in [0.4, 0.5) is 5.13 Å². The van der Waals surface area contributed by atoms with Gasteiger partial charge >= 0.3 is 0 Å². The van der Waals surface area contributed by atoms with Crippen molar-refractivity contribution in [1.29, 1.82) is 0 Å². The van der Waals surface area contributed by atoms with Crippen molar-refractivity contribution < 1.29 is 5.11 Å². The number of aliphatic hydroxyl groups is 1. The molecule has 3 rings (SSSR count). The van der Waals surface area contributed by atoms with Crippen LogP contribution in [0.15, 0.2) is 0 Å². The summed E-state index contributed by atoms with van der Waals surface area (Å²) in [5.41, 5.74) is 0.960. The number of hydrogen-bond acceptors (Lipinski definition) is 5. The van der Waals surface area contributed by atoms with Crippen LogP contribution in [-0.2, 0) is 6.42 Å². The number of aromatic nitrogens is 1. The first-order valence-electron chi connectivity index (χ1n) is 6.28. The van der Waals surface area contributed by atoms with Gasteiger partial charge in [-0.25, -0.2) is 4.98 Å². The summed E-state index contributed by atoms with van der Waals surface area (Å²) in [7, 11) is 0. The number of aliphatic hydroxyl groups excluding tert-OH is 1. The van der Waals surface area contributed by atoms with Gasteiger partial charge < -0.3 is 10.0 Å². The van der Waals surface area contributed by atoms with Crippen molar-refractivity contribution >= 4 is 28.2 Å². The van der Waals surface area contributed by atoms with E-state index in [1.807, 2.05) is 11.8 Å². The summed E-state index contributed by atoms with van der Waals surface area (Å²) in [6.07, 6.45) is 2.76. The zero-order valence-electron chi connectivity index (χ0n) is 10.1. The van der Waals surface area contributed by atoms with E-state index in [-0.39, 0.29) is 6.10 Å². The maximum atomic E-state index is 9.95. The van der Waals surface area contributed by atoms with Crippen molar-refractivity contribution in [2.24, 2.45) is 0 Å². The Morgan fingerprint density at radius 3 is 3.12 bits per heavy atom. The monoisotopic (exact) mass is 270 g/mol. The summed E-state index contributed by atoms with van der Waals surface area (Å²) in [5, 5.41) is 11.8. The number of aryl methyl sites for hydroxylation is 1. The highest BCUT2D eigenvalue weighted by molar-refractivity contribution is 8.00. The van der Waals surface area contributed by atoms with Gasteiger partial charge in [-0.05, 0) is 19.3 Å². The number of anilines is 1. The molecule has 2 aliphatic rings. The average Bonchev–Trinajstić information content (AvgIpc) is 2.74. The smallest absolute Gasteiger partial charge is 0.185 e. The molecule has 94 valence electrons. The van der Waals surface area contributed by atoms with E-state index < -0.39 is 0 Å². The lowest BCUT2D eigenvalue weighted by atomic mass is 10.0. The Balaban J connectivity index is 1.83. The highest BCUT2D eigenvalue weighted by atomic mass is 32.2. The molecule has 1 fully saturated rings. The number of nitrogens with zero attached hydrogens (tertiary/aromatic N) is 2. The van der Waals surface area contributed by atoms with Crippen LogP contribution in [0.1, 0.15) is 36.4 Å². The van der Waals surface area contributed by atoms with E-state index >= 15 is 0 Å². The fourth-order valence-corrected chi connectivity index (χ4v) is 4.72. The Hall–Kier alpha value is -0.260. The molecular formula is C12H18N2OS2. The third-order valence-corrected chi connectivity index (χ3v) is 5.75. The van der Waals surface area contributed by atoms with Crippen LogP contribution in [0.5, 0.6) is 0 Å². The Labute approximate surface area is 110 Å². The SMILES string of the molecule is CC1CN(c2nc3c(s2)CCCC3O)CCS1. The number of fused-ring (bicyclic) bond motifs is 1. The van der Waals surface area contributed by atoms with Gasteiger partial charge in [0.15, 0.2) is 5.13 Å². The molecule has 0 radical (unpaired) electrons. The van der Waals surface area contributed by atoms with Crippen LogP contribution in [0, 0.1) is 0 Å². The summed E-state index contributed by atoms with van der Waals surface area (Å²) in [6, 6.07) is 0. The lowest BCUT2D eigenvalue weighted by Gasteiger charge is -2.30. The van der Waals surface area contributed by atoms with Crippen LogP contribution in [-0.4, -0.2) is 34.2 Å². The van der Waals surface area contributed by atoms with Crippen molar-refractivity contribution in [2.75, 3.05) is 23.7 Å². The van der Waals surface area contributed by atoms with Gasteiger partial charge in [-0.15, -0.1) is 11.3 Å². The van der Waals surface area contributed by atoms with E-state index in [4.69, 9.17) is 0 Å². The van der Waals surface area contributed by atoms with E-state index in [2.05, 4.69) is 16.8 Å². The van der Waals surface area contributed by atoms with Gasteiger partial charge in [0.2, 0.25) is 0 Å². The summed E-state index contributed by atoms with van der Waals surface area (Å²) in [4.78, 5) is 8.37. The third-order valence-electron chi connectivity index (χ3n) is 3.42. The summed E-state index contributed by atoms with van der Waals surface area (Å²) >= 11 is 3.83. The number of thiazole rings is 1. The van der Waals surface area contributed by atoms with E-state index in [9.17, 15) is 5.11 Å². The van der Waals surface area contributed by atoms with Gasteiger partial charge in [-0.3, -0.25) is 0 Å². The molecule has 1 aromatic heterocycles. The Bertz CT molecular complexity index is 407. The predicted octanol–water partition coefficient (Wildman–Crippen LogP) is 2.45. The summed E-state index contributed by atoms with van der Waals surface area (Å²) < 4.78 is 0. The zero-order chi connectivity index (χ0) is 11.8. The van der Waals surface area contributed by atoms with Gasteiger partial charge in [0.1, 0.15) is 0 Å². The molecule has 0 spiro atoms. The molecule has 2 unspecified atom stereocenters. The fourth-order valence-electron chi connectivity index (χ4n) is 2.51. The van der Waals surface area contributed by atoms with Gasteiger partial charge in [-0.2, -0.15) is 11.8 Å². The minimum Gasteiger partial charge on any atom is -0.387 e. The molecule has 1 aliphatic heterocycles. The molecule has 0 aromatic carbocycles. The molecule has 0 saturated carbocycles. The van der Waals surface area contributed by atoms with Crippen molar-refractivity contribution in [3.63, 3.8) is 0 Å². The predicted molar refractivity (Wildman–Crippen MR) is 74.1 cm³/mol. The molecule has 0 bridgehead atoms. The van der Waals surface area contributed by atoms with E-state index in [1.54, 1.807) is 11.3 Å². The maximum absolute atomic E-state index is 9.95. The molecule has 1 aromatic rings. The second-order valence-electron chi connectivity index (χ2n) is 4.84. The second-order valence-corrected chi connectivity index (χ2v) is 7.45. The van der Waals surface area contributed by atoms with E-state index in [0.717, 1.165) is 43.2 Å². The molecule has 5 heteroatoms. The molecule has 2 atom stereocenters.